The van der Waals surface area contributed by atoms with E-state index in [0.29, 0.717) is 13.0 Å². The Morgan fingerprint density at radius 3 is 3.00 bits per heavy atom. The van der Waals surface area contributed by atoms with Crippen molar-refractivity contribution in [1.29, 1.82) is 0 Å². The predicted octanol–water partition coefficient (Wildman–Crippen LogP) is -1.36. The van der Waals surface area contributed by atoms with Crippen LogP contribution in [-0.4, -0.2) is 24.9 Å². The first kappa shape index (κ1) is 6.07. The van der Waals surface area contributed by atoms with Crippen LogP contribution in [0.25, 0.3) is 0 Å². The quantitative estimate of drug-likeness (QED) is 0.436. The normalized spacial score (nSPS) is 20.0. The molecule has 0 spiro atoms. The Morgan fingerprint density at radius 2 is 2.22 bits per heavy atom. The molecule has 0 aromatic rings. The second kappa shape index (κ2) is 2.48. The maximum Gasteiger partial charge on any atom is 0.243 e. The van der Waals surface area contributed by atoms with E-state index < -0.39 is 0 Å². The molecule has 1 radical (unpaired) electrons. The van der Waals surface area contributed by atoms with Gasteiger partial charge in [-0.25, -0.2) is 5.32 Å². The molecule has 0 atom stereocenters. The molecule has 1 N–H and O–H groups in total. The van der Waals surface area contributed by atoms with Gasteiger partial charge < -0.3 is 5.32 Å². The van der Waals surface area contributed by atoms with Crippen LogP contribution >= 0.6 is 0 Å². The fourth-order valence-electron chi connectivity index (χ4n) is 0.604. The lowest BCUT2D eigenvalue weighted by Crippen LogP contribution is -2.26. The van der Waals surface area contributed by atoms with E-state index in [1.54, 1.807) is 0 Å². The van der Waals surface area contributed by atoms with Crippen molar-refractivity contribution in [2.45, 2.75) is 6.42 Å². The topological polar surface area (TPSA) is 60.3 Å². The SMILES string of the molecule is O=C1CCNC(=O)C[N]1. The molecular weight excluding hydrogens is 120 g/mol. The summed E-state index contributed by atoms with van der Waals surface area (Å²) in [7, 11) is 0. The summed E-state index contributed by atoms with van der Waals surface area (Å²) in [6.45, 7) is 0.431. The van der Waals surface area contributed by atoms with Gasteiger partial charge in [-0.3, -0.25) is 9.59 Å². The van der Waals surface area contributed by atoms with Gasteiger partial charge >= 0.3 is 0 Å². The van der Waals surface area contributed by atoms with Crippen LogP contribution in [0.15, 0.2) is 0 Å². The van der Waals surface area contributed by atoms with Crippen LogP contribution in [-0.2, 0) is 9.59 Å². The molecule has 0 aromatic carbocycles. The van der Waals surface area contributed by atoms with E-state index in [0.717, 1.165) is 0 Å². The molecule has 1 fully saturated rings. The molecule has 1 heterocycles. The maximum atomic E-state index is 10.5. The van der Waals surface area contributed by atoms with Gasteiger partial charge in [0.2, 0.25) is 11.8 Å². The highest BCUT2D eigenvalue weighted by Gasteiger charge is 2.11. The Labute approximate surface area is 52.6 Å². The second-order valence-electron chi connectivity index (χ2n) is 1.81. The highest BCUT2D eigenvalue weighted by molar-refractivity contribution is 5.86. The first-order chi connectivity index (χ1) is 4.29. The molecule has 0 bridgehead atoms. The second-order valence-corrected chi connectivity index (χ2v) is 1.81. The standard InChI is InChI=1S/C5H7N2O2/c8-4-1-2-6-5(9)3-7-4/h1-3H2,(H,6,9). The number of hydrogen-bond donors (Lipinski definition) is 1. The van der Waals surface area contributed by atoms with Crippen LogP contribution in [0.3, 0.4) is 0 Å². The van der Waals surface area contributed by atoms with Crippen molar-refractivity contribution in [2.24, 2.45) is 0 Å². The Hall–Kier alpha value is -1.06. The molecule has 9 heavy (non-hydrogen) atoms. The zero-order valence-electron chi connectivity index (χ0n) is 4.89. The first-order valence-electron chi connectivity index (χ1n) is 2.76. The minimum atomic E-state index is -0.187. The fraction of sp³-hybridized carbons (Fsp3) is 0.600. The lowest BCUT2D eigenvalue weighted by Gasteiger charge is -1.91. The molecule has 49 valence electrons. The van der Waals surface area contributed by atoms with Crippen LogP contribution < -0.4 is 10.6 Å². The minimum Gasteiger partial charge on any atom is -0.354 e. The minimum absolute atomic E-state index is 0.00116. The maximum absolute atomic E-state index is 10.5. The molecule has 0 unspecified atom stereocenters. The monoisotopic (exact) mass is 127 g/mol. The number of amides is 2. The summed E-state index contributed by atoms with van der Waals surface area (Å²) in [5.41, 5.74) is 0. The molecule has 1 rings (SSSR count). The Kier molecular flexibility index (Phi) is 1.67. The van der Waals surface area contributed by atoms with E-state index in [-0.39, 0.29) is 18.4 Å². The van der Waals surface area contributed by atoms with Gasteiger partial charge in [0.1, 0.15) is 6.54 Å². The average molecular weight is 127 g/mol. The summed E-state index contributed by atoms with van der Waals surface area (Å²) in [5, 5.41) is 5.98. The van der Waals surface area contributed by atoms with E-state index in [1.165, 1.54) is 0 Å². The zero-order valence-corrected chi connectivity index (χ0v) is 4.89. The molecule has 0 aliphatic carbocycles. The van der Waals surface area contributed by atoms with Crippen molar-refractivity contribution in [3.8, 4) is 0 Å². The van der Waals surface area contributed by atoms with Gasteiger partial charge in [-0.05, 0) is 0 Å². The molecule has 1 aliphatic rings. The molecule has 4 nitrogen and oxygen atoms in total. The van der Waals surface area contributed by atoms with E-state index in [1.807, 2.05) is 0 Å². The van der Waals surface area contributed by atoms with Crippen LogP contribution in [0.1, 0.15) is 6.42 Å². The number of nitrogens with zero attached hydrogens (tertiary/aromatic N) is 1. The number of nitrogens with one attached hydrogen (secondary N) is 1. The first-order valence-corrected chi connectivity index (χ1v) is 2.76. The molecular formula is C5H7N2O2. The van der Waals surface area contributed by atoms with Gasteiger partial charge in [0.05, 0.1) is 0 Å². The molecule has 4 heteroatoms. The lowest BCUT2D eigenvalue weighted by molar-refractivity contribution is -0.123. The van der Waals surface area contributed by atoms with Gasteiger partial charge in [0.25, 0.3) is 0 Å². The largest absolute Gasteiger partial charge is 0.354 e. The predicted molar refractivity (Wildman–Crippen MR) is 29.6 cm³/mol. The van der Waals surface area contributed by atoms with Gasteiger partial charge in [-0.2, -0.15) is 0 Å². The Balaban J connectivity index is 2.43. The Morgan fingerprint density at radius 1 is 1.44 bits per heavy atom. The smallest absolute Gasteiger partial charge is 0.243 e. The molecule has 2 amide bonds. The van der Waals surface area contributed by atoms with E-state index in [9.17, 15) is 9.59 Å². The van der Waals surface area contributed by atoms with Crippen molar-refractivity contribution in [3.05, 3.63) is 0 Å². The summed E-state index contributed by atoms with van der Waals surface area (Å²) in [4.78, 5) is 20.9. The van der Waals surface area contributed by atoms with E-state index in [2.05, 4.69) is 10.6 Å². The lowest BCUT2D eigenvalue weighted by atomic mass is 10.4. The third-order valence-electron chi connectivity index (χ3n) is 1.06. The third kappa shape index (κ3) is 1.71. The number of hydrogen-bond acceptors (Lipinski definition) is 2. The summed E-state index contributed by atoms with van der Waals surface area (Å²) in [6.07, 6.45) is 0.339. The van der Waals surface area contributed by atoms with Crippen molar-refractivity contribution < 1.29 is 9.59 Å². The van der Waals surface area contributed by atoms with Gasteiger partial charge in [-0.1, -0.05) is 0 Å². The highest BCUT2D eigenvalue weighted by atomic mass is 16.2. The van der Waals surface area contributed by atoms with Crippen molar-refractivity contribution in [3.63, 3.8) is 0 Å². The van der Waals surface area contributed by atoms with Crippen LogP contribution in [0.5, 0.6) is 0 Å². The number of carbonyl (C=O) groups is 2. The molecule has 0 saturated carbocycles. The van der Waals surface area contributed by atoms with E-state index in [4.69, 9.17) is 0 Å². The summed E-state index contributed by atoms with van der Waals surface area (Å²) in [5.74, 6) is -0.353. The van der Waals surface area contributed by atoms with Crippen molar-refractivity contribution in [2.75, 3.05) is 13.1 Å². The molecule has 1 saturated heterocycles. The van der Waals surface area contributed by atoms with Gasteiger partial charge in [0, 0.05) is 13.0 Å². The van der Waals surface area contributed by atoms with E-state index >= 15 is 0 Å². The van der Waals surface area contributed by atoms with Gasteiger partial charge in [-0.15, -0.1) is 0 Å². The number of rotatable bonds is 0. The Bertz CT molecular complexity index is 128. The summed E-state index contributed by atoms with van der Waals surface area (Å²) in [6, 6.07) is 0. The van der Waals surface area contributed by atoms with Crippen molar-refractivity contribution in [1.82, 2.24) is 10.6 Å². The van der Waals surface area contributed by atoms with Crippen molar-refractivity contribution >= 4 is 11.8 Å². The van der Waals surface area contributed by atoms with Crippen LogP contribution in [0.2, 0.25) is 0 Å². The zero-order chi connectivity index (χ0) is 6.69. The average Bonchev–Trinajstić information content (AvgIpc) is 1.97. The van der Waals surface area contributed by atoms with Gasteiger partial charge in [0.15, 0.2) is 0 Å². The third-order valence-corrected chi connectivity index (χ3v) is 1.06. The fourth-order valence-corrected chi connectivity index (χ4v) is 0.604. The summed E-state index contributed by atoms with van der Waals surface area (Å²) < 4.78 is 0. The number of carbonyl (C=O) groups excluding carboxylic acids is 2. The molecule has 1 aliphatic heterocycles. The molecule has 0 aromatic heterocycles. The van der Waals surface area contributed by atoms with Crippen LogP contribution in [0.4, 0.5) is 0 Å². The van der Waals surface area contributed by atoms with Crippen LogP contribution in [0, 0.1) is 0 Å². The highest BCUT2D eigenvalue weighted by Crippen LogP contribution is 1.83. The summed E-state index contributed by atoms with van der Waals surface area (Å²) >= 11 is 0.